The van der Waals surface area contributed by atoms with E-state index in [0.717, 1.165) is 0 Å². The quantitative estimate of drug-likeness (QED) is 0.564. The second-order valence-electron chi connectivity index (χ2n) is 3.64. The minimum atomic E-state index is -0.167. The maximum atomic E-state index is 11.4. The van der Waals surface area contributed by atoms with Crippen LogP contribution in [-0.4, -0.2) is 29.7 Å². The summed E-state index contributed by atoms with van der Waals surface area (Å²) in [5.74, 6) is 0.231. The molecule has 0 spiro atoms. The molecule has 0 aliphatic heterocycles. The molecule has 0 bridgehead atoms. The van der Waals surface area contributed by atoms with Crippen LogP contribution >= 0.6 is 15.9 Å². The van der Waals surface area contributed by atoms with Gasteiger partial charge in [-0.05, 0) is 5.92 Å². The van der Waals surface area contributed by atoms with Gasteiger partial charge in [0.05, 0.1) is 4.83 Å². The fourth-order valence-electron chi connectivity index (χ4n) is 0.913. The maximum absolute atomic E-state index is 11.4. The van der Waals surface area contributed by atoms with Crippen molar-refractivity contribution in [2.45, 2.75) is 32.0 Å². The zero-order valence-electron chi connectivity index (χ0n) is 9.47. The molecular formula is C10H19BrN2O2. The molecule has 0 radical (unpaired) electrons. The second-order valence-corrected chi connectivity index (χ2v) is 4.63. The first-order valence-corrected chi connectivity index (χ1v) is 6.09. The van der Waals surface area contributed by atoms with Crippen molar-refractivity contribution in [3.63, 3.8) is 0 Å². The number of hydrogen-bond donors (Lipinski definition) is 2. The minimum Gasteiger partial charge on any atom is -0.354 e. The van der Waals surface area contributed by atoms with Crippen LogP contribution in [0.15, 0.2) is 0 Å². The minimum absolute atomic E-state index is 0.00324. The molecular weight excluding hydrogens is 260 g/mol. The Balaban J connectivity index is 3.60. The number of rotatable bonds is 6. The third kappa shape index (κ3) is 6.49. The predicted octanol–water partition coefficient (Wildman–Crippen LogP) is 1.05. The molecule has 0 aliphatic rings. The van der Waals surface area contributed by atoms with Crippen LogP contribution in [0, 0.1) is 5.92 Å². The van der Waals surface area contributed by atoms with Crippen LogP contribution < -0.4 is 10.6 Å². The summed E-state index contributed by atoms with van der Waals surface area (Å²) in [5.41, 5.74) is 0. The molecule has 2 amide bonds. The molecule has 1 unspecified atom stereocenters. The van der Waals surface area contributed by atoms with E-state index in [0.29, 0.717) is 19.5 Å². The summed E-state index contributed by atoms with van der Waals surface area (Å²) in [7, 11) is 0. The highest BCUT2D eigenvalue weighted by Crippen LogP contribution is 2.11. The Kier molecular flexibility index (Phi) is 7.38. The maximum Gasteiger partial charge on any atom is 0.234 e. The lowest BCUT2D eigenvalue weighted by atomic mass is 10.1. The van der Waals surface area contributed by atoms with Crippen molar-refractivity contribution >= 4 is 27.7 Å². The molecule has 15 heavy (non-hydrogen) atoms. The second kappa shape index (κ2) is 7.68. The van der Waals surface area contributed by atoms with Crippen molar-refractivity contribution in [2.24, 2.45) is 5.92 Å². The first kappa shape index (κ1) is 14.4. The lowest BCUT2D eigenvalue weighted by Crippen LogP contribution is -2.39. The first-order chi connectivity index (χ1) is 6.99. The van der Waals surface area contributed by atoms with Gasteiger partial charge in [-0.2, -0.15) is 0 Å². The van der Waals surface area contributed by atoms with E-state index >= 15 is 0 Å². The van der Waals surface area contributed by atoms with E-state index in [1.54, 1.807) is 6.92 Å². The summed E-state index contributed by atoms with van der Waals surface area (Å²) >= 11 is 3.30. The van der Waals surface area contributed by atoms with E-state index in [-0.39, 0.29) is 22.6 Å². The van der Waals surface area contributed by atoms with Crippen molar-refractivity contribution in [3.05, 3.63) is 0 Å². The van der Waals surface area contributed by atoms with E-state index in [1.165, 1.54) is 0 Å². The highest BCUT2D eigenvalue weighted by atomic mass is 79.9. The van der Waals surface area contributed by atoms with Gasteiger partial charge in [0.1, 0.15) is 0 Å². The van der Waals surface area contributed by atoms with Gasteiger partial charge < -0.3 is 10.6 Å². The average molecular weight is 279 g/mol. The van der Waals surface area contributed by atoms with Gasteiger partial charge in [-0.3, -0.25) is 9.59 Å². The standard InChI is InChI=1S/C10H19BrN2O2/c1-4-8(14)12-5-6-13-10(15)9(11)7(2)3/h7,9H,4-6H2,1-3H3,(H,12,14)(H,13,15). The molecule has 1 atom stereocenters. The van der Waals surface area contributed by atoms with E-state index in [9.17, 15) is 9.59 Å². The van der Waals surface area contributed by atoms with Crippen LogP contribution in [0.4, 0.5) is 0 Å². The Morgan fingerprint density at radius 3 is 2.20 bits per heavy atom. The van der Waals surface area contributed by atoms with E-state index in [1.807, 2.05) is 13.8 Å². The first-order valence-electron chi connectivity index (χ1n) is 5.17. The molecule has 4 nitrogen and oxygen atoms in total. The zero-order chi connectivity index (χ0) is 11.8. The highest BCUT2D eigenvalue weighted by Gasteiger charge is 2.17. The third-order valence-corrected chi connectivity index (χ3v) is 3.38. The summed E-state index contributed by atoms with van der Waals surface area (Å²) < 4.78 is 0. The normalized spacial score (nSPS) is 12.3. The van der Waals surface area contributed by atoms with Gasteiger partial charge >= 0.3 is 0 Å². The van der Waals surface area contributed by atoms with E-state index < -0.39 is 0 Å². The SMILES string of the molecule is CCC(=O)NCCNC(=O)C(Br)C(C)C. The predicted molar refractivity (Wildman–Crippen MR) is 63.9 cm³/mol. The Labute approximate surface area is 99.3 Å². The number of carbonyl (C=O) groups excluding carboxylic acids is 2. The van der Waals surface area contributed by atoms with Gasteiger partial charge in [-0.25, -0.2) is 0 Å². The number of carbonyl (C=O) groups is 2. The van der Waals surface area contributed by atoms with Crippen molar-refractivity contribution in [1.29, 1.82) is 0 Å². The van der Waals surface area contributed by atoms with Gasteiger partial charge in [0.2, 0.25) is 11.8 Å². The molecule has 0 aromatic heterocycles. The van der Waals surface area contributed by atoms with Gasteiger partial charge in [0, 0.05) is 19.5 Å². The molecule has 0 saturated carbocycles. The lowest BCUT2D eigenvalue weighted by molar-refractivity contribution is -0.122. The van der Waals surface area contributed by atoms with Crippen LogP contribution in [0.2, 0.25) is 0 Å². The number of nitrogens with one attached hydrogen (secondary N) is 2. The topological polar surface area (TPSA) is 58.2 Å². The molecule has 0 rings (SSSR count). The molecule has 88 valence electrons. The van der Waals surface area contributed by atoms with Crippen molar-refractivity contribution in [1.82, 2.24) is 10.6 Å². The van der Waals surface area contributed by atoms with Gasteiger partial charge in [0.15, 0.2) is 0 Å². The average Bonchev–Trinajstić information content (AvgIpc) is 2.22. The molecule has 0 aromatic rings. The number of hydrogen-bond acceptors (Lipinski definition) is 2. The van der Waals surface area contributed by atoms with Gasteiger partial charge in [-0.1, -0.05) is 36.7 Å². The smallest absolute Gasteiger partial charge is 0.234 e. The summed E-state index contributed by atoms with van der Waals surface area (Å²) in [6.07, 6.45) is 0.473. The van der Waals surface area contributed by atoms with E-state index in [4.69, 9.17) is 0 Å². The molecule has 0 aromatic carbocycles. The summed E-state index contributed by atoms with van der Waals surface area (Å²) in [6, 6.07) is 0. The summed E-state index contributed by atoms with van der Waals surface area (Å²) in [6.45, 7) is 6.69. The van der Waals surface area contributed by atoms with Crippen molar-refractivity contribution < 1.29 is 9.59 Å². The van der Waals surface area contributed by atoms with Gasteiger partial charge in [0.25, 0.3) is 0 Å². The number of amides is 2. The Morgan fingerprint density at radius 1 is 1.20 bits per heavy atom. The monoisotopic (exact) mass is 278 g/mol. The summed E-state index contributed by atoms with van der Waals surface area (Å²) in [4.78, 5) is 22.1. The lowest BCUT2D eigenvalue weighted by Gasteiger charge is -2.13. The number of alkyl halides is 1. The van der Waals surface area contributed by atoms with Crippen LogP contribution in [0.3, 0.4) is 0 Å². The van der Waals surface area contributed by atoms with E-state index in [2.05, 4.69) is 26.6 Å². The van der Waals surface area contributed by atoms with Crippen LogP contribution in [0.25, 0.3) is 0 Å². The molecule has 2 N–H and O–H groups in total. The molecule has 0 aliphatic carbocycles. The highest BCUT2D eigenvalue weighted by molar-refractivity contribution is 9.10. The molecule has 0 fully saturated rings. The Morgan fingerprint density at radius 2 is 1.73 bits per heavy atom. The van der Waals surface area contributed by atoms with Gasteiger partial charge in [-0.15, -0.1) is 0 Å². The van der Waals surface area contributed by atoms with Crippen molar-refractivity contribution in [2.75, 3.05) is 13.1 Å². The fraction of sp³-hybridized carbons (Fsp3) is 0.800. The summed E-state index contributed by atoms with van der Waals surface area (Å²) in [5, 5.41) is 5.43. The van der Waals surface area contributed by atoms with Crippen LogP contribution in [0.5, 0.6) is 0 Å². The molecule has 5 heteroatoms. The third-order valence-electron chi connectivity index (χ3n) is 1.90. The Hall–Kier alpha value is -0.580. The van der Waals surface area contributed by atoms with Crippen molar-refractivity contribution in [3.8, 4) is 0 Å². The fourth-order valence-corrected chi connectivity index (χ4v) is 1.07. The number of halogens is 1. The van der Waals surface area contributed by atoms with Crippen LogP contribution in [0.1, 0.15) is 27.2 Å². The Bertz CT molecular complexity index is 219. The van der Waals surface area contributed by atoms with Crippen LogP contribution in [-0.2, 0) is 9.59 Å². The largest absolute Gasteiger partial charge is 0.354 e. The molecule has 0 heterocycles. The zero-order valence-corrected chi connectivity index (χ0v) is 11.1. The molecule has 0 saturated heterocycles.